The maximum Gasteiger partial charge on any atom is 0.124 e. The summed E-state index contributed by atoms with van der Waals surface area (Å²) < 4.78 is 0. The number of benzene rings is 1. The highest BCUT2D eigenvalue weighted by Gasteiger charge is 2.24. The predicted octanol–water partition coefficient (Wildman–Crippen LogP) is 3.25. The third-order valence-corrected chi connectivity index (χ3v) is 3.59. The Labute approximate surface area is 113 Å². The first-order valence-electron chi connectivity index (χ1n) is 6.50. The molecule has 0 unspecified atom stereocenters. The van der Waals surface area contributed by atoms with Crippen LogP contribution < -0.4 is 10.6 Å². The summed E-state index contributed by atoms with van der Waals surface area (Å²) in [6, 6.07) is 5.78. The molecule has 1 fully saturated rings. The van der Waals surface area contributed by atoms with E-state index in [9.17, 15) is 0 Å². The van der Waals surface area contributed by atoms with Crippen LogP contribution >= 0.6 is 11.6 Å². The van der Waals surface area contributed by atoms with Crippen molar-refractivity contribution in [2.75, 3.05) is 18.0 Å². The van der Waals surface area contributed by atoms with E-state index < -0.39 is 0 Å². The van der Waals surface area contributed by atoms with Crippen LogP contribution in [0.15, 0.2) is 18.2 Å². The van der Waals surface area contributed by atoms with Crippen LogP contribution in [0.1, 0.15) is 31.7 Å². The van der Waals surface area contributed by atoms with Gasteiger partial charge < -0.3 is 10.6 Å². The first kappa shape index (κ1) is 13.2. The van der Waals surface area contributed by atoms with Crippen LogP contribution in [0.2, 0.25) is 5.02 Å². The van der Waals surface area contributed by atoms with Gasteiger partial charge in [0.1, 0.15) is 5.84 Å². The molecule has 0 amide bonds. The van der Waals surface area contributed by atoms with Gasteiger partial charge in [0.05, 0.1) is 5.02 Å². The molecule has 18 heavy (non-hydrogen) atoms. The van der Waals surface area contributed by atoms with Gasteiger partial charge in [0, 0.05) is 24.3 Å². The second-order valence-corrected chi connectivity index (χ2v) is 5.37. The van der Waals surface area contributed by atoms with Gasteiger partial charge >= 0.3 is 0 Å². The molecule has 0 spiro atoms. The Balaban J connectivity index is 2.18. The van der Waals surface area contributed by atoms with Crippen molar-refractivity contribution in [1.82, 2.24) is 0 Å². The molecule has 0 atom stereocenters. The quantitative estimate of drug-likeness (QED) is 0.613. The number of nitrogen functional groups attached to an aromatic ring is 1. The minimum absolute atomic E-state index is 0.0239. The molecule has 2 rings (SSSR count). The third kappa shape index (κ3) is 3.16. The summed E-state index contributed by atoms with van der Waals surface area (Å²) in [4.78, 5) is 2.38. The van der Waals surface area contributed by atoms with Crippen molar-refractivity contribution >= 4 is 23.1 Å². The Kier molecular flexibility index (Phi) is 4.12. The maximum absolute atomic E-state index is 7.44. The summed E-state index contributed by atoms with van der Waals surface area (Å²) in [7, 11) is 0. The zero-order valence-electron chi connectivity index (χ0n) is 10.7. The average Bonchev–Trinajstić information content (AvgIpc) is 3.11. The van der Waals surface area contributed by atoms with Gasteiger partial charge in [0.2, 0.25) is 0 Å². The third-order valence-electron chi connectivity index (χ3n) is 3.28. The number of hydrogen-bond donors (Lipinski definition) is 2. The standard InChI is InChI=1S/C14H20ClN3/c1-2-7-18(9-10-3-4-10)11-5-6-12(14(16)17)13(15)8-11/h5-6,8,10H,2-4,7,9H2,1H3,(H3,16,17). The molecule has 0 aliphatic heterocycles. The molecule has 0 aromatic heterocycles. The molecule has 0 bridgehead atoms. The molecule has 3 nitrogen and oxygen atoms in total. The SMILES string of the molecule is CCCN(CC1CC1)c1ccc(C(=N)N)c(Cl)c1. The molecule has 0 saturated heterocycles. The van der Waals surface area contributed by atoms with Gasteiger partial charge in [-0.3, -0.25) is 5.41 Å². The van der Waals surface area contributed by atoms with Crippen molar-refractivity contribution in [3.63, 3.8) is 0 Å². The maximum atomic E-state index is 7.44. The highest BCUT2D eigenvalue weighted by molar-refractivity contribution is 6.34. The summed E-state index contributed by atoms with van der Waals surface area (Å²) in [5.41, 5.74) is 7.23. The monoisotopic (exact) mass is 265 g/mol. The fraction of sp³-hybridized carbons (Fsp3) is 0.500. The molecular weight excluding hydrogens is 246 g/mol. The number of anilines is 1. The number of nitrogens with two attached hydrogens (primary N) is 1. The van der Waals surface area contributed by atoms with Gasteiger partial charge in [-0.2, -0.15) is 0 Å². The van der Waals surface area contributed by atoms with E-state index in [0.717, 1.165) is 31.1 Å². The zero-order chi connectivity index (χ0) is 13.1. The van der Waals surface area contributed by atoms with Crippen molar-refractivity contribution in [3.05, 3.63) is 28.8 Å². The van der Waals surface area contributed by atoms with Crippen LogP contribution in [-0.4, -0.2) is 18.9 Å². The number of nitrogens with zero attached hydrogens (tertiary/aromatic N) is 1. The highest BCUT2D eigenvalue weighted by atomic mass is 35.5. The predicted molar refractivity (Wildman–Crippen MR) is 77.7 cm³/mol. The molecule has 1 aliphatic rings. The summed E-state index contributed by atoms with van der Waals surface area (Å²) in [5, 5.41) is 8.00. The van der Waals surface area contributed by atoms with E-state index in [1.807, 2.05) is 18.2 Å². The molecule has 98 valence electrons. The van der Waals surface area contributed by atoms with E-state index in [1.165, 1.54) is 12.8 Å². The van der Waals surface area contributed by atoms with Crippen molar-refractivity contribution in [2.24, 2.45) is 11.7 Å². The fourth-order valence-corrected chi connectivity index (χ4v) is 2.40. The second-order valence-electron chi connectivity index (χ2n) is 4.97. The molecule has 1 aliphatic carbocycles. The Morgan fingerprint density at radius 3 is 2.72 bits per heavy atom. The van der Waals surface area contributed by atoms with E-state index in [2.05, 4.69) is 11.8 Å². The molecule has 1 aromatic rings. The van der Waals surface area contributed by atoms with Gasteiger partial charge in [0.25, 0.3) is 0 Å². The van der Waals surface area contributed by atoms with E-state index in [1.54, 1.807) is 0 Å². The summed E-state index contributed by atoms with van der Waals surface area (Å²) in [6.45, 7) is 4.35. The van der Waals surface area contributed by atoms with Crippen LogP contribution in [0.25, 0.3) is 0 Å². The molecule has 0 radical (unpaired) electrons. The van der Waals surface area contributed by atoms with Crippen LogP contribution in [-0.2, 0) is 0 Å². The lowest BCUT2D eigenvalue weighted by Gasteiger charge is -2.25. The lowest BCUT2D eigenvalue weighted by atomic mass is 10.1. The second kappa shape index (κ2) is 5.61. The van der Waals surface area contributed by atoms with Gasteiger partial charge in [0.15, 0.2) is 0 Å². The minimum atomic E-state index is 0.0239. The zero-order valence-corrected chi connectivity index (χ0v) is 11.5. The van der Waals surface area contributed by atoms with Gasteiger partial charge in [-0.15, -0.1) is 0 Å². The van der Waals surface area contributed by atoms with E-state index >= 15 is 0 Å². The normalized spacial score (nSPS) is 14.6. The van der Waals surface area contributed by atoms with Crippen molar-refractivity contribution in [1.29, 1.82) is 5.41 Å². The lowest BCUT2D eigenvalue weighted by Crippen LogP contribution is -2.26. The fourth-order valence-electron chi connectivity index (χ4n) is 2.13. The van der Waals surface area contributed by atoms with Gasteiger partial charge in [-0.1, -0.05) is 18.5 Å². The summed E-state index contributed by atoms with van der Waals surface area (Å²) in [6.07, 6.45) is 3.82. The van der Waals surface area contributed by atoms with Crippen molar-refractivity contribution in [3.8, 4) is 0 Å². The van der Waals surface area contributed by atoms with E-state index in [0.29, 0.717) is 10.6 Å². The molecule has 0 heterocycles. The molecule has 1 aromatic carbocycles. The number of rotatable bonds is 6. The van der Waals surface area contributed by atoms with E-state index in [-0.39, 0.29) is 5.84 Å². The Bertz CT molecular complexity index is 441. The Morgan fingerprint density at radius 2 is 2.22 bits per heavy atom. The average molecular weight is 266 g/mol. The highest BCUT2D eigenvalue weighted by Crippen LogP contribution is 2.32. The van der Waals surface area contributed by atoms with Crippen LogP contribution in [0.3, 0.4) is 0 Å². The van der Waals surface area contributed by atoms with E-state index in [4.69, 9.17) is 22.7 Å². The van der Waals surface area contributed by atoms with Crippen LogP contribution in [0, 0.1) is 11.3 Å². The van der Waals surface area contributed by atoms with Gasteiger partial charge in [-0.05, 0) is 43.4 Å². The number of hydrogen-bond acceptors (Lipinski definition) is 2. The number of amidine groups is 1. The first-order chi connectivity index (χ1) is 8.61. The Morgan fingerprint density at radius 1 is 1.50 bits per heavy atom. The molecule has 1 saturated carbocycles. The van der Waals surface area contributed by atoms with Crippen LogP contribution in [0.5, 0.6) is 0 Å². The van der Waals surface area contributed by atoms with Crippen molar-refractivity contribution in [2.45, 2.75) is 26.2 Å². The Hall–Kier alpha value is -1.22. The number of nitrogens with one attached hydrogen (secondary N) is 1. The molecular formula is C14H20ClN3. The summed E-state index contributed by atoms with van der Waals surface area (Å²) >= 11 is 6.17. The molecule has 4 heteroatoms. The smallest absolute Gasteiger partial charge is 0.124 e. The molecule has 3 N–H and O–H groups in total. The first-order valence-corrected chi connectivity index (χ1v) is 6.88. The minimum Gasteiger partial charge on any atom is -0.384 e. The summed E-state index contributed by atoms with van der Waals surface area (Å²) in [5.74, 6) is 0.874. The lowest BCUT2D eigenvalue weighted by molar-refractivity contribution is 0.708. The van der Waals surface area contributed by atoms with Crippen molar-refractivity contribution < 1.29 is 0 Å². The van der Waals surface area contributed by atoms with Gasteiger partial charge in [-0.25, -0.2) is 0 Å². The topological polar surface area (TPSA) is 53.1 Å². The largest absolute Gasteiger partial charge is 0.384 e. The van der Waals surface area contributed by atoms with Crippen LogP contribution in [0.4, 0.5) is 5.69 Å². The number of halogens is 1.